The van der Waals surface area contributed by atoms with Crippen LogP contribution >= 0.6 is 0 Å². The first kappa shape index (κ1) is 22.1. The molecule has 3 amide bonds. The Morgan fingerprint density at radius 1 is 1.27 bits per heavy atom. The van der Waals surface area contributed by atoms with Gasteiger partial charge in [0.25, 0.3) is 0 Å². The van der Waals surface area contributed by atoms with E-state index < -0.39 is 12.0 Å². The van der Waals surface area contributed by atoms with Crippen LogP contribution in [0.3, 0.4) is 0 Å². The van der Waals surface area contributed by atoms with Gasteiger partial charge in [0.05, 0.1) is 19.1 Å². The molecule has 2 fully saturated rings. The number of nitrogens with zero attached hydrogens (tertiary/aromatic N) is 1. The lowest BCUT2D eigenvalue weighted by molar-refractivity contribution is -0.132. The Morgan fingerprint density at radius 2 is 2.00 bits per heavy atom. The number of hydrogen-bond donors (Lipinski definition) is 2. The van der Waals surface area contributed by atoms with Gasteiger partial charge in [0.1, 0.15) is 11.8 Å². The normalized spacial score (nSPS) is 22.3. The van der Waals surface area contributed by atoms with E-state index in [1.165, 1.54) is 0 Å². The Bertz CT molecular complexity index is 759. The minimum atomic E-state index is -0.649. The fraction of sp³-hybridized carbons (Fsp3) is 0.591. The molecular weight excluding hydrogens is 386 g/mol. The predicted octanol–water partition coefficient (Wildman–Crippen LogP) is 1.48. The molecule has 2 aliphatic heterocycles. The molecule has 3 rings (SSSR count). The molecule has 8 heteroatoms. The summed E-state index contributed by atoms with van der Waals surface area (Å²) in [5.41, 5.74) is 0.728. The molecule has 0 bridgehead atoms. The highest BCUT2D eigenvalue weighted by Crippen LogP contribution is 2.27. The van der Waals surface area contributed by atoms with E-state index in [4.69, 9.17) is 9.47 Å². The van der Waals surface area contributed by atoms with E-state index in [9.17, 15) is 14.4 Å². The maximum atomic E-state index is 12.8. The summed E-state index contributed by atoms with van der Waals surface area (Å²) in [4.78, 5) is 39.5. The summed E-state index contributed by atoms with van der Waals surface area (Å²) in [6.45, 7) is 5.25. The highest BCUT2D eigenvalue weighted by atomic mass is 16.5. The van der Waals surface area contributed by atoms with Crippen LogP contribution in [0.2, 0.25) is 0 Å². The summed E-state index contributed by atoms with van der Waals surface area (Å²) in [6.07, 6.45) is 2.11. The van der Waals surface area contributed by atoms with Gasteiger partial charge >= 0.3 is 0 Å². The second kappa shape index (κ2) is 9.93. The second-order valence-corrected chi connectivity index (χ2v) is 8.21. The van der Waals surface area contributed by atoms with Gasteiger partial charge in [-0.15, -0.1) is 0 Å². The van der Waals surface area contributed by atoms with Crippen molar-refractivity contribution in [3.8, 4) is 5.75 Å². The van der Waals surface area contributed by atoms with Crippen molar-refractivity contribution in [2.75, 3.05) is 31.7 Å². The SMILES string of the molecule is COc1ccc(N2CC(C(=O)N[C@@H](C(=O)NCC3CCCO3)C(C)C)CC2=O)cc1. The number of hydrogen-bond acceptors (Lipinski definition) is 5. The van der Waals surface area contributed by atoms with Gasteiger partial charge in [-0.3, -0.25) is 14.4 Å². The Balaban J connectivity index is 1.57. The van der Waals surface area contributed by atoms with E-state index in [1.807, 2.05) is 13.8 Å². The summed E-state index contributed by atoms with van der Waals surface area (Å²) in [5, 5.41) is 5.74. The van der Waals surface area contributed by atoms with Crippen LogP contribution in [0.4, 0.5) is 5.69 Å². The molecule has 2 unspecified atom stereocenters. The van der Waals surface area contributed by atoms with Gasteiger partial charge in [-0.1, -0.05) is 13.8 Å². The van der Waals surface area contributed by atoms with Crippen LogP contribution in [0.1, 0.15) is 33.1 Å². The Kier molecular flexibility index (Phi) is 7.31. The third-order valence-corrected chi connectivity index (χ3v) is 5.65. The van der Waals surface area contributed by atoms with Gasteiger partial charge in [-0.05, 0) is 43.0 Å². The van der Waals surface area contributed by atoms with Crippen molar-refractivity contribution >= 4 is 23.4 Å². The summed E-state index contributed by atoms with van der Waals surface area (Å²) in [7, 11) is 1.58. The fourth-order valence-electron chi connectivity index (χ4n) is 3.83. The zero-order valence-electron chi connectivity index (χ0n) is 17.8. The fourth-order valence-corrected chi connectivity index (χ4v) is 3.83. The summed E-state index contributed by atoms with van der Waals surface area (Å²) in [6, 6.07) is 6.51. The minimum Gasteiger partial charge on any atom is -0.497 e. The maximum Gasteiger partial charge on any atom is 0.242 e. The van der Waals surface area contributed by atoms with Crippen molar-refractivity contribution in [2.24, 2.45) is 11.8 Å². The molecule has 2 saturated heterocycles. The first-order valence-electron chi connectivity index (χ1n) is 10.5. The molecule has 1 aromatic carbocycles. The van der Waals surface area contributed by atoms with Crippen molar-refractivity contribution < 1.29 is 23.9 Å². The maximum absolute atomic E-state index is 12.8. The number of benzene rings is 1. The van der Waals surface area contributed by atoms with Crippen LogP contribution in [-0.2, 0) is 19.1 Å². The highest BCUT2D eigenvalue weighted by molar-refractivity contribution is 6.01. The first-order chi connectivity index (χ1) is 14.4. The molecule has 0 aromatic heterocycles. The van der Waals surface area contributed by atoms with Crippen LogP contribution in [0.5, 0.6) is 5.75 Å². The molecule has 1 aromatic rings. The smallest absolute Gasteiger partial charge is 0.242 e. The number of ether oxygens (including phenoxy) is 2. The Hall–Kier alpha value is -2.61. The van der Waals surface area contributed by atoms with Crippen LogP contribution in [0.25, 0.3) is 0 Å². The van der Waals surface area contributed by atoms with Gasteiger partial charge in [-0.2, -0.15) is 0 Å². The number of carbonyl (C=O) groups excluding carboxylic acids is 3. The second-order valence-electron chi connectivity index (χ2n) is 8.21. The van der Waals surface area contributed by atoms with Crippen LogP contribution in [0, 0.1) is 11.8 Å². The molecule has 2 aliphatic rings. The lowest BCUT2D eigenvalue weighted by Crippen LogP contribution is -2.52. The Morgan fingerprint density at radius 3 is 2.60 bits per heavy atom. The third-order valence-electron chi connectivity index (χ3n) is 5.65. The molecule has 0 saturated carbocycles. The summed E-state index contributed by atoms with van der Waals surface area (Å²) in [5.74, 6) is -0.465. The highest BCUT2D eigenvalue weighted by Gasteiger charge is 2.37. The van der Waals surface area contributed by atoms with Crippen LogP contribution < -0.4 is 20.3 Å². The quantitative estimate of drug-likeness (QED) is 0.668. The molecule has 0 radical (unpaired) electrons. The molecule has 0 spiro atoms. The molecule has 164 valence electrons. The minimum absolute atomic E-state index is 0.0444. The molecule has 3 atom stereocenters. The number of rotatable bonds is 8. The summed E-state index contributed by atoms with van der Waals surface area (Å²) < 4.78 is 10.7. The molecular formula is C22H31N3O5. The number of carbonyl (C=O) groups is 3. The van der Waals surface area contributed by atoms with Crippen LogP contribution in [-0.4, -0.2) is 56.7 Å². The zero-order chi connectivity index (χ0) is 21.7. The van der Waals surface area contributed by atoms with Crippen molar-refractivity contribution in [3.05, 3.63) is 24.3 Å². The average molecular weight is 418 g/mol. The topological polar surface area (TPSA) is 97.0 Å². The van der Waals surface area contributed by atoms with E-state index >= 15 is 0 Å². The predicted molar refractivity (Wildman–Crippen MR) is 112 cm³/mol. The number of nitrogens with one attached hydrogen (secondary N) is 2. The molecule has 2 N–H and O–H groups in total. The first-order valence-corrected chi connectivity index (χ1v) is 10.5. The van der Waals surface area contributed by atoms with Crippen molar-refractivity contribution in [3.63, 3.8) is 0 Å². The average Bonchev–Trinajstić information content (AvgIpc) is 3.39. The van der Waals surface area contributed by atoms with Crippen molar-refractivity contribution in [1.29, 1.82) is 0 Å². The van der Waals surface area contributed by atoms with E-state index in [0.717, 1.165) is 25.1 Å². The molecule has 0 aliphatic carbocycles. The number of methoxy groups -OCH3 is 1. The number of amides is 3. The van der Waals surface area contributed by atoms with E-state index in [1.54, 1.807) is 36.3 Å². The summed E-state index contributed by atoms with van der Waals surface area (Å²) >= 11 is 0. The lowest BCUT2D eigenvalue weighted by atomic mass is 10.0. The van der Waals surface area contributed by atoms with E-state index in [0.29, 0.717) is 18.8 Å². The zero-order valence-corrected chi connectivity index (χ0v) is 17.8. The third kappa shape index (κ3) is 5.30. The molecule has 2 heterocycles. The van der Waals surface area contributed by atoms with E-state index in [2.05, 4.69) is 10.6 Å². The number of anilines is 1. The van der Waals surface area contributed by atoms with Gasteiger partial charge in [0.2, 0.25) is 17.7 Å². The van der Waals surface area contributed by atoms with Crippen LogP contribution in [0.15, 0.2) is 24.3 Å². The van der Waals surface area contributed by atoms with Gasteiger partial charge in [0.15, 0.2) is 0 Å². The lowest BCUT2D eigenvalue weighted by Gasteiger charge is -2.24. The molecule has 8 nitrogen and oxygen atoms in total. The van der Waals surface area contributed by atoms with Crippen molar-refractivity contribution in [2.45, 2.75) is 45.3 Å². The standard InChI is InChI=1S/C22H31N3O5/c1-14(2)20(22(28)23-12-18-5-4-10-30-18)24-21(27)15-11-19(26)25(13-15)16-6-8-17(29-3)9-7-16/h6-9,14-15,18,20H,4-5,10-13H2,1-3H3,(H,23,28)(H,24,27)/t15?,18?,20-/m1/s1. The van der Waals surface area contributed by atoms with E-state index in [-0.39, 0.29) is 36.2 Å². The molecule has 30 heavy (non-hydrogen) atoms. The largest absolute Gasteiger partial charge is 0.497 e. The van der Waals surface area contributed by atoms with Gasteiger partial charge in [0, 0.05) is 31.8 Å². The van der Waals surface area contributed by atoms with Crippen molar-refractivity contribution in [1.82, 2.24) is 10.6 Å². The Labute approximate surface area is 177 Å². The monoisotopic (exact) mass is 417 g/mol. The van der Waals surface area contributed by atoms with Gasteiger partial charge < -0.3 is 25.0 Å². The van der Waals surface area contributed by atoms with Gasteiger partial charge in [-0.25, -0.2) is 0 Å².